The molecule has 0 N–H and O–H groups in total. The number of thioether (sulfide) groups is 1. The van der Waals surface area contributed by atoms with Gasteiger partial charge >= 0.3 is 5.69 Å². The molecule has 0 unspecified atom stereocenters. The van der Waals surface area contributed by atoms with Crippen molar-refractivity contribution in [1.29, 1.82) is 0 Å². The number of nitro groups is 2. The van der Waals surface area contributed by atoms with Gasteiger partial charge in [0.05, 0.1) is 32.2 Å². The molecule has 0 aliphatic carbocycles. The molecule has 1 amide bonds. The Morgan fingerprint density at radius 1 is 0.837 bits per heavy atom. The fraction of sp³-hybridized carbons (Fsp3) is 0.125. The summed E-state index contributed by atoms with van der Waals surface area (Å²) in [6.07, 6.45) is 3.55. The van der Waals surface area contributed by atoms with Crippen molar-refractivity contribution >= 4 is 51.7 Å². The number of hydrogen-bond acceptors (Lipinski definition) is 8. The first-order valence-corrected chi connectivity index (χ1v) is 14.3. The van der Waals surface area contributed by atoms with Crippen LogP contribution >= 0.6 is 11.8 Å². The number of ether oxygens (including phenoxy) is 1. The number of carbonyl (C=O) groups excluding carboxylic acids is 1. The number of carbonyl (C=O) groups is 1. The van der Waals surface area contributed by atoms with E-state index in [1.165, 1.54) is 23.4 Å². The Morgan fingerprint density at radius 2 is 1.47 bits per heavy atom. The van der Waals surface area contributed by atoms with Gasteiger partial charge in [-0.05, 0) is 89.8 Å². The van der Waals surface area contributed by atoms with Crippen molar-refractivity contribution in [2.45, 2.75) is 26.7 Å². The largest absolute Gasteiger partial charge is 0.450 e. The van der Waals surface area contributed by atoms with Gasteiger partial charge in [0.1, 0.15) is 5.75 Å². The lowest BCUT2D eigenvalue weighted by molar-refractivity contribution is -0.394. The molecule has 11 heteroatoms. The zero-order valence-electron chi connectivity index (χ0n) is 23.3. The maximum atomic E-state index is 13.7. The molecule has 43 heavy (non-hydrogen) atoms. The van der Waals surface area contributed by atoms with Gasteiger partial charge in [0.15, 0.2) is 5.17 Å². The second-order valence-electron chi connectivity index (χ2n) is 9.52. The molecule has 0 atom stereocenters. The summed E-state index contributed by atoms with van der Waals surface area (Å²) in [6.45, 7) is 4.16. The lowest BCUT2D eigenvalue weighted by atomic mass is 10.1. The number of hydrogen-bond donors (Lipinski definition) is 0. The van der Waals surface area contributed by atoms with Gasteiger partial charge in [0.25, 0.3) is 11.6 Å². The van der Waals surface area contributed by atoms with Gasteiger partial charge in [0.2, 0.25) is 5.75 Å². The molecule has 0 bridgehead atoms. The Kier molecular flexibility index (Phi) is 8.63. The summed E-state index contributed by atoms with van der Waals surface area (Å²) in [7, 11) is 0. The fourth-order valence-electron chi connectivity index (χ4n) is 4.33. The maximum Gasteiger partial charge on any atom is 0.318 e. The van der Waals surface area contributed by atoms with E-state index >= 15 is 0 Å². The Hall–Kier alpha value is -5.29. The van der Waals surface area contributed by atoms with Crippen molar-refractivity contribution in [3.05, 3.63) is 133 Å². The van der Waals surface area contributed by atoms with Crippen LogP contribution in [0.4, 0.5) is 22.7 Å². The number of nitrogens with zero attached hydrogens (tertiary/aromatic N) is 4. The molecular formula is C32H26N4O6S. The molecule has 0 spiro atoms. The predicted octanol–water partition coefficient (Wildman–Crippen LogP) is 8.23. The number of anilines is 1. The SMILES string of the molecule is CCc1ccc(N=C2S/C(=C\c3ccc(Oc4ccc([N+](=O)[O-])cc4[N+](=O)[O-])cc3)C(=O)N2c2ccc(CC)cc2)cc1. The molecule has 1 aliphatic heterocycles. The minimum absolute atomic E-state index is 0.124. The molecule has 1 aliphatic rings. The second-order valence-corrected chi connectivity index (χ2v) is 10.5. The third-order valence-corrected chi connectivity index (χ3v) is 7.70. The average Bonchev–Trinajstić information content (AvgIpc) is 3.32. The van der Waals surface area contributed by atoms with Gasteiger partial charge in [-0.2, -0.15) is 0 Å². The average molecular weight is 595 g/mol. The third-order valence-electron chi connectivity index (χ3n) is 6.73. The highest BCUT2D eigenvalue weighted by atomic mass is 32.2. The first-order chi connectivity index (χ1) is 20.7. The van der Waals surface area contributed by atoms with Crippen molar-refractivity contribution in [2.24, 2.45) is 4.99 Å². The Bertz CT molecular complexity index is 1750. The van der Waals surface area contributed by atoms with Gasteiger partial charge in [-0.25, -0.2) is 4.99 Å². The van der Waals surface area contributed by atoms with Crippen LogP contribution in [0, 0.1) is 20.2 Å². The van der Waals surface area contributed by atoms with Crippen molar-refractivity contribution < 1.29 is 19.4 Å². The zero-order chi connectivity index (χ0) is 30.5. The summed E-state index contributed by atoms with van der Waals surface area (Å²) in [5.41, 5.74) is 3.60. The van der Waals surface area contributed by atoms with Crippen molar-refractivity contribution in [2.75, 3.05) is 4.90 Å². The second kappa shape index (κ2) is 12.7. The molecule has 216 valence electrons. The predicted molar refractivity (Wildman–Crippen MR) is 168 cm³/mol. The number of aliphatic imine (C=N–C) groups is 1. The zero-order valence-corrected chi connectivity index (χ0v) is 24.1. The number of rotatable bonds is 9. The Balaban J connectivity index is 1.42. The summed E-state index contributed by atoms with van der Waals surface area (Å²) < 4.78 is 5.66. The minimum Gasteiger partial charge on any atom is -0.450 e. The van der Waals surface area contributed by atoms with Crippen LogP contribution < -0.4 is 9.64 Å². The molecule has 0 aromatic heterocycles. The Labute approximate surface area is 251 Å². The van der Waals surface area contributed by atoms with Gasteiger partial charge < -0.3 is 4.74 Å². The van der Waals surface area contributed by atoms with Crippen LogP contribution in [0.3, 0.4) is 0 Å². The molecular weight excluding hydrogens is 568 g/mol. The molecule has 0 radical (unpaired) electrons. The van der Waals surface area contributed by atoms with Gasteiger partial charge in [-0.3, -0.25) is 29.9 Å². The highest BCUT2D eigenvalue weighted by molar-refractivity contribution is 8.19. The fourth-order valence-corrected chi connectivity index (χ4v) is 5.33. The maximum absolute atomic E-state index is 13.7. The van der Waals surface area contributed by atoms with E-state index in [1.54, 1.807) is 35.2 Å². The summed E-state index contributed by atoms with van der Waals surface area (Å²) in [5.74, 6) is -0.0410. The lowest BCUT2D eigenvalue weighted by Gasteiger charge is -2.16. The van der Waals surface area contributed by atoms with E-state index in [0.29, 0.717) is 21.4 Å². The molecule has 10 nitrogen and oxygen atoms in total. The number of non-ortho nitro benzene ring substituents is 1. The molecule has 1 saturated heterocycles. The van der Waals surface area contributed by atoms with Crippen LogP contribution in [0.5, 0.6) is 11.5 Å². The van der Waals surface area contributed by atoms with Gasteiger partial charge in [-0.1, -0.05) is 50.2 Å². The van der Waals surface area contributed by atoms with Crippen LogP contribution in [0.15, 0.2) is 101 Å². The van der Waals surface area contributed by atoms with Crippen LogP contribution in [0.2, 0.25) is 0 Å². The van der Waals surface area contributed by atoms with Crippen LogP contribution in [-0.4, -0.2) is 20.9 Å². The first-order valence-electron chi connectivity index (χ1n) is 13.5. The van der Waals surface area contributed by atoms with Gasteiger partial charge in [0, 0.05) is 6.07 Å². The highest BCUT2D eigenvalue weighted by Gasteiger charge is 2.34. The number of benzene rings is 4. The quantitative estimate of drug-likeness (QED) is 0.108. The summed E-state index contributed by atoms with van der Waals surface area (Å²) in [6, 6.07) is 25.6. The molecule has 1 fully saturated rings. The van der Waals surface area contributed by atoms with Crippen LogP contribution in [0.1, 0.15) is 30.5 Å². The summed E-state index contributed by atoms with van der Waals surface area (Å²) in [4.78, 5) is 41.6. The topological polar surface area (TPSA) is 128 Å². The van der Waals surface area contributed by atoms with E-state index in [1.807, 2.05) is 48.5 Å². The summed E-state index contributed by atoms with van der Waals surface area (Å²) >= 11 is 1.27. The van der Waals surface area contributed by atoms with Crippen molar-refractivity contribution in [3.8, 4) is 11.5 Å². The summed E-state index contributed by atoms with van der Waals surface area (Å²) in [5, 5.41) is 23.0. The third kappa shape index (κ3) is 6.62. The molecule has 4 aromatic rings. The normalized spacial score (nSPS) is 14.8. The van der Waals surface area contributed by atoms with Crippen molar-refractivity contribution in [3.63, 3.8) is 0 Å². The van der Waals surface area contributed by atoms with E-state index in [2.05, 4.69) is 13.8 Å². The van der Waals surface area contributed by atoms with E-state index in [9.17, 15) is 25.0 Å². The molecule has 0 saturated carbocycles. The van der Waals surface area contributed by atoms with E-state index < -0.39 is 21.2 Å². The smallest absolute Gasteiger partial charge is 0.318 e. The molecule has 5 rings (SSSR count). The Morgan fingerprint density at radius 3 is 2.05 bits per heavy atom. The first kappa shape index (κ1) is 29.2. The standard InChI is InChI=1S/C32H26N4O6S/c1-3-21-5-11-24(12-6-21)33-32-34(25-13-7-22(4-2)8-14-25)31(37)30(43-32)19-23-9-16-27(17-10-23)42-29-18-15-26(35(38)39)20-28(29)36(40)41/h5-20H,3-4H2,1-2H3/b30-19-,33-32?. The van der Waals surface area contributed by atoms with Crippen LogP contribution in [-0.2, 0) is 17.6 Å². The highest BCUT2D eigenvalue weighted by Crippen LogP contribution is 2.38. The van der Waals surface area contributed by atoms with Crippen LogP contribution in [0.25, 0.3) is 6.08 Å². The number of aryl methyl sites for hydroxylation is 2. The van der Waals surface area contributed by atoms with Gasteiger partial charge in [-0.15, -0.1) is 0 Å². The van der Waals surface area contributed by atoms with E-state index in [0.717, 1.165) is 41.9 Å². The molecule has 4 aromatic carbocycles. The lowest BCUT2D eigenvalue weighted by Crippen LogP contribution is -2.28. The number of amides is 1. The van der Waals surface area contributed by atoms with E-state index in [-0.39, 0.29) is 11.7 Å². The monoisotopic (exact) mass is 594 g/mol. The van der Waals surface area contributed by atoms with Crippen molar-refractivity contribution in [1.82, 2.24) is 0 Å². The molecule has 1 heterocycles. The van der Waals surface area contributed by atoms with E-state index in [4.69, 9.17) is 9.73 Å². The number of amidine groups is 1. The minimum atomic E-state index is -0.733. The number of nitro benzene ring substituents is 2.